The summed E-state index contributed by atoms with van der Waals surface area (Å²) in [7, 11) is -2.18. The highest BCUT2D eigenvalue weighted by Crippen LogP contribution is 2.16. The van der Waals surface area contributed by atoms with Crippen LogP contribution in [0.1, 0.15) is 0 Å². The van der Waals surface area contributed by atoms with E-state index in [2.05, 4.69) is 4.62 Å². The third-order valence-corrected chi connectivity index (χ3v) is 2.14. The molecule has 0 saturated heterocycles. The SMILES string of the molecule is NO[PH](=O)c1ccccc1. The standard InChI is InChI=1S/C6H8NO2P/c7-9-10(8)6-4-2-1-3-5-6/h1-5,10H,7H2. The third kappa shape index (κ3) is 1.67. The van der Waals surface area contributed by atoms with Gasteiger partial charge in [0.15, 0.2) is 0 Å². The summed E-state index contributed by atoms with van der Waals surface area (Å²) in [5, 5.41) is 0.648. The number of benzene rings is 1. The van der Waals surface area contributed by atoms with Crippen molar-refractivity contribution in [3.05, 3.63) is 30.3 Å². The van der Waals surface area contributed by atoms with Gasteiger partial charge in [-0.15, -0.1) is 0 Å². The molecule has 1 aromatic carbocycles. The van der Waals surface area contributed by atoms with Gasteiger partial charge in [0.05, 0.1) is 0 Å². The van der Waals surface area contributed by atoms with Crippen molar-refractivity contribution in [2.45, 2.75) is 0 Å². The van der Waals surface area contributed by atoms with Gasteiger partial charge in [-0.05, 0) is 12.1 Å². The van der Waals surface area contributed by atoms with Crippen molar-refractivity contribution in [3.63, 3.8) is 0 Å². The summed E-state index contributed by atoms with van der Waals surface area (Å²) in [6.07, 6.45) is 0. The molecule has 0 aliphatic heterocycles. The molecule has 3 nitrogen and oxygen atoms in total. The molecule has 1 atom stereocenters. The molecule has 1 unspecified atom stereocenters. The van der Waals surface area contributed by atoms with Crippen molar-refractivity contribution in [1.82, 2.24) is 0 Å². The molecule has 1 aromatic rings. The van der Waals surface area contributed by atoms with E-state index >= 15 is 0 Å². The third-order valence-electron chi connectivity index (χ3n) is 1.12. The average Bonchev–Trinajstić information content (AvgIpc) is 2.05. The van der Waals surface area contributed by atoms with Crippen LogP contribution in [0.5, 0.6) is 0 Å². The van der Waals surface area contributed by atoms with Gasteiger partial charge in [-0.3, -0.25) is 4.57 Å². The summed E-state index contributed by atoms with van der Waals surface area (Å²) >= 11 is 0. The Hall–Kier alpha value is -0.630. The Morgan fingerprint density at radius 1 is 1.30 bits per heavy atom. The van der Waals surface area contributed by atoms with Crippen molar-refractivity contribution in [2.24, 2.45) is 5.90 Å². The van der Waals surface area contributed by atoms with Gasteiger partial charge in [-0.2, -0.15) is 0 Å². The fraction of sp³-hybridized carbons (Fsp3) is 0. The molecule has 10 heavy (non-hydrogen) atoms. The van der Waals surface area contributed by atoms with E-state index in [1.54, 1.807) is 24.3 Å². The minimum Gasteiger partial charge on any atom is -0.290 e. The Balaban J connectivity index is 2.85. The maximum absolute atomic E-state index is 10.9. The Bertz CT molecular complexity index is 224. The highest BCUT2D eigenvalue weighted by atomic mass is 31.1. The molecule has 2 N–H and O–H groups in total. The zero-order valence-electron chi connectivity index (χ0n) is 5.28. The van der Waals surface area contributed by atoms with Gasteiger partial charge in [0.25, 0.3) is 0 Å². The largest absolute Gasteiger partial charge is 0.290 e. The summed E-state index contributed by atoms with van der Waals surface area (Å²) in [5.74, 6) is 4.74. The molecule has 0 aliphatic rings. The minimum atomic E-state index is -2.18. The van der Waals surface area contributed by atoms with Crippen molar-refractivity contribution in [1.29, 1.82) is 0 Å². The van der Waals surface area contributed by atoms with Crippen molar-refractivity contribution < 1.29 is 9.19 Å². The molecule has 1 rings (SSSR count). The van der Waals surface area contributed by atoms with Gasteiger partial charge in [0.2, 0.25) is 8.03 Å². The predicted octanol–water partition coefficient (Wildman–Crippen LogP) is 0.677. The van der Waals surface area contributed by atoms with Crippen LogP contribution in [0.15, 0.2) is 30.3 Å². The molecule has 0 fully saturated rings. The van der Waals surface area contributed by atoms with E-state index in [0.717, 1.165) is 0 Å². The predicted molar refractivity (Wildman–Crippen MR) is 40.3 cm³/mol. The quantitative estimate of drug-likeness (QED) is 0.507. The summed E-state index contributed by atoms with van der Waals surface area (Å²) in [6.45, 7) is 0. The van der Waals surface area contributed by atoms with E-state index in [1.807, 2.05) is 6.07 Å². The van der Waals surface area contributed by atoms with Gasteiger partial charge in [-0.1, -0.05) is 18.2 Å². The topological polar surface area (TPSA) is 52.3 Å². The Morgan fingerprint density at radius 3 is 2.40 bits per heavy atom. The molecule has 0 amide bonds. The molecule has 0 spiro atoms. The Morgan fingerprint density at radius 2 is 1.90 bits per heavy atom. The highest BCUT2D eigenvalue weighted by molar-refractivity contribution is 7.48. The van der Waals surface area contributed by atoms with Crippen LogP contribution in [0, 0.1) is 0 Å². The highest BCUT2D eigenvalue weighted by Gasteiger charge is 1.97. The van der Waals surface area contributed by atoms with Gasteiger partial charge in [0.1, 0.15) is 0 Å². The van der Waals surface area contributed by atoms with Crippen molar-refractivity contribution in [3.8, 4) is 0 Å². The number of rotatable bonds is 2. The van der Waals surface area contributed by atoms with Crippen LogP contribution in [-0.4, -0.2) is 0 Å². The maximum atomic E-state index is 10.9. The summed E-state index contributed by atoms with van der Waals surface area (Å²) in [6, 6.07) is 8.85. The van der Waals surface area contributed by atoms with Crippen LogP contribution >= 0.6 is 8.03 Å². The molecule has 0 radical (unpaired) electrons. The van der Waals surface area contributed by atoms with Crippen LogP contribution in [0.25, 0.3) is 0 Å². The fourth-order valence-electron chi connectivity index (χ4n) is 0.642. The lowest BCUT2D eigenvalue weighted by molar-refractivity contribution is 0.352. The van der Waals surface area contributed by atoms with Gasteiger partial charge >= 0.3 is 0 Å². The molecule has 4 heteroatoms. The zero-order valence-corrected chi connectivity index (χ0v) is 6.28. The molecule has 0 aromatic heterocycles. The summed E-state index contributed by atoms with van der Waals surface area (Å²) in [5.41, 5.74) is 0. The number of hydrogen-bond donors (Lipinski definition) is 1. The second-order valence-electron chi connectivity index (χ2n) is 1.77. The van der Waals surface area contributed by atoms with Gasteiger partial charge in [0, 0.05) is 5.30 Å². The van der Waals surface area contributed by atoms with Crippen LogP contribution in [-0.2, 0) is 9.19 Å². The minimum absolute atomic E-state index is 0.648. The lowest BCUT2D eigenvalue weighted by Crippen LogP contribution is -1.99. The molecule has 0 bridgehead atoms. The average molecular weight is 157 g/mol. The van der Waals surface area contributed by atoms with E-state index in [-0.39, 0.29) is 0 Å². The maximum Gasteiger partial charge on any atom is 0.237 e. The number of hydrogen-bond acceptors (Lipinski definition) is 3. The van der Waals surface area contributed by atoms with E-state index < -0.39 is 8.03 Å². The first-order valence-electron chi connectivity index (χ1n) is 2.80. The molecule has 0 aliphatic carbocycles. The first-order chi connectivity index (χ1) is 4.84. The van der Waals surface area contributed by atoms with Crippen LogP contribution in [0.2, 0.25) is 0 Å². The van der Waals surface area contributed by atoms with Gasteiger partial charge < -0.3 is 0 Å². The molecule has 0 heterocycles. The normalized spacial score (nSPS) is 12.9. The van der Waals surface area contributed by atoms with E-state index in [0.29, 0.717) is 5.30 Å². The zero-order chi connectivity index (χ0) is 7.40. The lowest BCUT2D eigenvalue weighted by Gasteiger charge is -1.95. The lowest BCUT2D eigenvalue weighted by atomic mass is 10.4. The van der Waals surface area contributed by atoms with Crippen LogP contribution in [0.3, 0.4) is 0 Å². The fourth-order valence-corrected chi connectivity index (χ4v) is 1.24. The van der Waals surface area contributed by atoms with Crippen LogP contribution in [0.4, 0.5) is 0 Å². The van der Waals surface area contributed by atoms with E-state index in [1.165, 1.54) is 0 Å². The van der Waals surface area contributed by atoms with Crippen molar-refractivity contribution >= 4 is 13.3 Å². The smallest absolute Gasteiger partial charge is 0.237 e. The van der Waals surface area contributed by atoms with Gasteiger partial charge in [-0.25, -0.2) is 10.5 Å². The van der Waals surface area contributed by atoms with Crippen LogP contribution < -0.4 is 11.2 Å². The number of nitrogens with two attached hydrogens (primary N) is 1. The second kappa shape index (κ2) is 3.52. The first-order valence-corrected chi connectivity index (χ1v) is 4.12. The van der Waals surface area contributed by atoms with Crippen molar-refractivity contribution in [2.75, 3.05) is 0 Å². The Kier molecular flexibility index (Phi) is 2.63. The van der Waals surface area contributed by atoms with E-state index in [9.17, 15) is 4.57 Å². The second-order valence-corrected chi connectivity index (χ2v) is 3.16. The molecular weight excluding hydrogens is 149 g/mol. The summed E-state index contributed by atoms with van der Waals surface area (Å²) < 4.78 is 15.0. The molecule has 0 saturated carbocycles. The Labute approximate surface area is 59.6 Å². The van der Waals surface area contributed by atoms with E-state index in [4.69, 9.17) is 5.90 Å². The summed E-state index contributed by atoms with van der Waals surface area (Å²) in [4.78, 5) is 0. The molecule has 54 valence electrons. The monoisotopic (exact) mass is 157 g/mol. The molecular formula is C6H8NO2P. The first kappa shape index (κ1) is 7.48.